The highest BCUT2D eigenvalue weighted by atomic mass is 16.5. The third-order valence-corrected chi connectivity index (χ3v) is 5.39. The summed E-state index contributed by atoms with van der Waals surface area (Å²) in [4.78, 5) is 17.1. The van der Waals surface area contributed by atoms with E-state index in [1.165, 1.54) is 6.08 Å². The van der Waals surface area contributed by atoms with E-state index in [4.69, 9.17) is 9.62 Å². The normalized spacial score (nSPS) is 11.1. The Morgan fingerprint density at radius 3 is 2.43 bits per heavy atom. The highest BCUT2D eigenvalue weighted by Gasteiger charge is 2.13. The molecule has 0 bridgehead atoms. The molecule has 0 aliphatic heterocycles. The van der Waals surface area contributed by atoms with Crippen molar-refractivity contribution in [3.8, 4) is 22.6 Å². The summed E-state index contributed by atoms with van der Waals surface area (Å²) in [6.45, 7) is 2.36. The molecule has 35 heavy (non-hydrogen) atoms. The first kappa shape index (κ1) is 22.0. The SMILES string of the molecule is Cc1nc(-c2ccccc2NC(=O)/C=C/c2cn(Cc3ccccc3)nc2-c2ccccc2)no1. The standard InChI is InChI=1S/C28H23N5O2/c1-20-29-28(32-35-20)24-14-8-9-15-25(24)30-26(34)17-16-23-19-33(18-21-10-4-2-5-11-21)31-27(23)22-12-6-3-7-13-22/h2-17,19H,18H2,1H3,(H,30,34)/b17-16+. The molecule has 7 nitrogen and oxygen atoms in total. The highest BCUT2D eigenvalue weighted by Crippen LogP contribution is 2.26. The number of nitrogens with zero attached hydrogens (tertiary/aromatic N) is 4. The molecule has 0 saturated heterocycles. The summed E-state index contributed by atoms with van der Waals surface area (Å²) in [6, 6.07) is 27.4. The van der Waals surface area contributed by atoms with Gasteiger partial charge in [0.2, 0.25) is 17.6 Å². The third kappa shape index (κ3) is 5.25. The molecule has 0 aliphatic carbocycles. The molecule has 0 fully saturated rings. The van der Waals surface area contributed by atoms with E-state index in [9.17, 15) is 4.79 Å². The van der Waals surface area contributed by atoms with E-state index in [1.807, 2.05) is 77.6 Å². The Hall–Kier alpha value is -4.78. The second-order valence-electron chi connectivity index (χ2n) is 7.99. The number of para-hydroxylation sites is 1. The molecule has 7 heteroatoms. The number of aromatic nitrogens is 4. The van der Waals surface area contributed by atoms with Crippen LogP contribution in [-0.4, -0.2) is 25.8 Å². The molecule has 0 saturated carbocycles. The van der Waals surface area contributed by atoms with Gasteiger partial charge in [0.15, 0.2) is 0 Å². The molecular formula is C28H23N5O2. The van der Waals surface area contributed by atoms with Gasteiger partial charge in [0.1, 0.15) is 0 Å². The van der Waals surface area contributed by atoms with E-state index in [1.54, 1.807) is 19.1 Å². The zero-order valence-corrected chi connectivity index (χ0v) is 19.1. The van der Waals surface area contributed by atoms with Gasteiger partial charge in [-0.05, 0) is 23.8 Å². The molecular weight excluding hydrogens is 438 g/mol. The second kappa shape index (κ2) is 10.0. The number of nitrogens with one attached hydrogen (secondary N) is 1. The number of hydrogen-bond acceptors (Lipinski definition) is 5. The predicted octanol–water partition coefficient (Wildman–Crippen LogP) is 5.61. The Morgan fingerprint density at radius 1 is 0.971 bits per heavy atom. The van der Waals surface area contributed by atoms with E-state index in [2.05, 4.69) is 27.6 Å². The summed E-state index contributed by atoms with van der Waals surface area (Å²) in [7, 11) is 0. The number of benzene rings is 3. The molecule has 172 valence electrons. The zero-order chi connectivity index (χ0) is 24.0. The van der Waals surface area contributed by atoms with E-state index < -0.39 is 0 Å². The fraction of sp³-hybridized carbons (Fsp3) is 0.0714. The van der Waals surface area contributed by atoms with Crippen molar-refractivity contribution in [2.24, 2.45) is 0 Å². The molecule has 5 rings (SSSR count). The van der Waals surface area contributed by atoms with Crippen molar-refractivity contribution in [1.82, 2.24) is 19.9 Å². The summed E-state index contributed by atoms with van der Waals surface area (Å²) in [5, 5.41) is 11.7. The second-order valence-corrected chi connectivity index (χ2v) is 7.99. The molecule has 0 atom stereocenters. The summed E-state index contributed by atoms with van der Waals surface area (Å²) in [5.41, 5.74) is 5.09. The van der Waals surface area contributed by atoms with Gasteiger partial charge in [0, 0.05) is 35.9 Å². The van der Waals surface area contributed by atoms with Crippen molar-refractivity contribution < 1.29 is 9.32 Å². The Bertz CT molecular complexity index is 1470. The van der Waals surface area contributed by atoms with Crippen LogP contribution in [0, 0.1) is 6.92 Å². The quantitative estimate of drug-likeness (QED) is 0.319. The van der Waals surface area contributed by atoms with Gasteiger partial charge < -0.3 is 9.84 Å². The van der Waals surface area contributed by atoms with Crippen LogP contribution in [0.5, 0.6) is 0 Å². The molecule has 5 aromatic rings. The molecule has 1 amide bonds. The molecule has 3 aromatic carbocycles. The molecule has 2 heterocycles. The number of carbonyl (C=O) groups is 1. The van der Waals surface area contributed by atoms with Crippen LogP contribution >= 0.6 is 0 Å². The van der Waals surface area contributed by atoms with Crippen LogP contribution in [0.1, 0.15) is 17.0 Å². The van der Waals surface area contributed by atoms with Gasteiger partial charge in [-0.2, -0.15) is 10.1 Å². The average Bonchev–Trinajstić information content (AvgIpc) is 3.50. The minimum absolute atomic E-state index is 0.271. The Morgan fingerprint density at radius 2 is 1.69 bits per heavy atom. The van der Waals surface area contributed by atoms with Crippen LogP contribution in [0.25, 0.3) is 28.7 Å². The molecule has 0 unspecified atom stereocenters. The molecule has 0 spiro atoms. The molecule has 0 radical (unpaired) electrons. The fourth-order valence-electron chi connectivity index (χ4n) is 3.77. The van der Waals surface area contributed by atoms with Gasteiger partial charge in [-0.15, -0.1) is 0 Å². The van der Waals surface area contributed by atoms with Crippen molar-refractivity contribution in [3.05, 3.63) is 114 Å². The average molecular weight is 462 g/mol. The van der Waals surface area contributed by atoms with Crippen LogP contribution in [0.3, 0.4) is 0 Å². The van der Waals surface area contributed by atoms with E-state index in [0.29, 0.717) is 29.5 Å². The summed E-state index contributed by atoms with van der Waals surface area (Å²) >= 11 is 0. The monoisotopic (exact) mass is 461 g/mol. The van der Waals surface area contributed by atoms with Crippen molar-refractivity contribution in [2.75, 3.05) is 5.32 Å². The largest absolute Gasteiger partial charge is 0.339 e. The van der Waals surface area contributed by atoms with Crippen LogP contribution in [-0.2, 0) is 11.3 Å². The lowest BCUT2D eigenvalue weighted by Crippen LogP contribution is -2.09. The van der Waals surface area contributed by atoms with E-state index >= 15 is 0 Å². The van der Waals surface area contributed by atoms with Crippen molar-refractivity contribution in [2.45, 2.75) is 13.5 Å². The fourth-order valence-corrected chi connectivity index (χ4v) is 3.77. The molecule has 1 N–H and O–H groups in total. The number of amides is 1. The number of carbonyl (C=O) groups excluding carboxylic acids is 1. The highest BCUT2D eigenvalue weighted by molar-refractivity contribution is 6.04. The lowest BCUT2D eigenvalue weighted by Gasteiger charge is -2.06. The minimum Gasteiger partial charge on any atom is -0.339 e. The maximum absolute atomic E-state index is 12.8. The van der Waals surface area contributed by atoms with Gasteiger partial charge in [0.05, 0.1) is 17.9 Å². The Labute approximate surface area is 202 Å². The lowest BCUT2D eigenvalue weighted by atomic mass is 10.1. The third-order valence-electron chi connectivity index (χ3n) is 5.39. The summed E-state index contributed by atoms with van der Waals surface area (Å²) in [6.07, 6.45) is 5.25. The van der Waals surface area contributed by atoms with Crippen LogP contribution in [0.2, 0.25) is 0 Å². The smallest absolute Gasteiger partial charge is 0.248 e. The zero-order valence-electron chi connectivity index (χ0n) is 19.1. The predicted molar refractivity (Wildman–Crippen MR) is 135 cm³/mol. The van der Waals surface area contributed by atoms with Crippen LogP contribution < -0.4 is 5.32 Å². The van der Waals surface area contributed by atoms with Gasteiger partial charge in [0.25, 0.3) is 0 Å². The number of aryl methyl sites for hydroxylation is 1. The summed E-state index contributed by atoms with van der Waals surface area (Å²) in [5.74, 6) is 0.616. The van der Waals surface area contributed by atoms with Gasteiger partial charge >= 0.3 is 0 Å². The minimum atomic E-state index is -0.271. The topological polar surface area (TPSA) is 85.8 Å². The Balaban J connectivity index is 1.40. The first-order valence-corrected chi connectivity index (χ1v) is 11.2. The number of anilines is 1. The van der Waals surface area contributed by atoms with Crippen molar-refractivity contribution in [3.63, 3.8) is 0 Å². The van der Waals surface area contributed by atoms with Crippen molar-refractivity contribution >= 4 is 17.7 Å². The summed E-state index contributed by atoms with van der Waals surface area (Å²) < 4.78 is 6.98. The maximum atomic E-state index is 12.8. The molecule has 0 aliphatic rings. The lowest BCUT2D eigenvalue weighted by molar-refractivity contribution is -0.111. The van der Waals surface area contributed by atoms with Gasteiger partial charge in [-0.1, -0.05) is 78.0 Å². The van der Waals surface area contributed by atoms with E-state index in [-0.39, 0.29) is 5.91 Å². The number of rotatable bonds is 7. The van der Waals surface area contributed by atoms with Crippen molar-refractivity contribution in [1.29, 1.82) is 0 Å². The first-order valence-electron chi connectivity index (χ1n) is 11.2. The van der Waals surface area contributed by atoms with Crippen LogP contribution in [0.4, 0.5) is 5.69 Å². The number of hydrogen-bond donors (Lipinski definition) is 1. The molecule has 2 aromatic heterocycles. The first-order chi connectivity index (χ1) is 17.2. The maximum Gasteiger partial charge on any atom is 0.248 e. The Kier molecular flexibility index (Phi) is 6.30. The van der Waals surface area contributed by atoms with Gasteiger partial charge in [-0.3, -0.25) is 9.48 Å². The van der Waals surface area contributed by atoms with Crippen LogP contribution in [0.15, 0.2) is 102 Å². The van der Waals surface area contributed by atoms with Gasteiger partial charge in [-0.25, -0.2) is 0 Å². The van der Waals surface area contributed by atoms with E-state index in [0.717, 1.165) is 22.4 Å².